The van der Waals surface area contributed by atoms with Gasteiger partial charge in [0.1, 0.15) is 11.9 Å². The van der Waals surface area contributed by atoms with E-state index >= 15 is 0 Å². The molecule has 7 heteroatoms. The summed E-state index contributed by atoms with van der Waals surface area (Å²) in [5.41, 5.74) is 1.09. The van der Waals surface area contributed by atoms with Crippen LogP contribution >= 0.6 is 0 Å². The molecule has 2 aliphatic heterocycles. The van der Waals surface area contributed by atoms with Crippen LogP contribution in [0.4, 0.5) is 14.0 Å². The number of urea groups is 1. The van der Waals surface area contributed by atoms with Gasteiger partial charge in [0.2, 0.25) is 0 Å². The van der Waals surface area contributed by atoms with Crippen LogP contribution in [-0.2, 0) is 16.9 Å². The summed E-state index contributed by atoms with van der Waals surface area (Å²) < 4.78 is 20.1. The smallest absolute Gasteiger partial charge is 0.411 e. The Bertz CT molecular complexity index is 1120. The molecule has 0 bridgehead atoms. The SMILES string of the molecule is O=C(NCc1ccccc1F)N1CCN2C(=O)OC(c3ccccc3)(c3ccccc3)C2C1. The topological polar surface area (TPSA) is 61.9 Å². The van der Waals surface area contributed by atoms with Crippen LogP contribution in [0.5, 0.6) is 0 Å². The molecule has 6 nitrogen and oxygen atoms in total. The van der Waals surface area contributed by atoms with Crippen LogP contribution in [0, 0.1) is 5.82 Å². The van der Waals surface area contributed by atoms with Crippen molar-refractivity contribution < 1.29 is 18.7 Å². The Morgan fingerprint density at radius 3 is 2.18 bits per heavy atom. The molecule has 2 saturated heterocycles. The van der Waals surface area contributed by atoms with Crippen LogP contribution in [-0.4, -0.2) is 47.6 Å². The van der Waals surface area contributed by atoms with Gasteiger partial charge < -0.3 is 15.0 Å². The molecule has 0 aromatic heterocycles. The Labute approximate surface area is 191 Å². The zero-order valence-electron chi connectivity index (χ0n) is 18.0. The summed E-state index contributed by atoms with van der Waals surface area (Å²) in [7, 11) is 0. The normalized spacial score (nSPS) is 19.1. The molecule has 3 amide bonds. The zero-order chi connectivity index (χ0) is 22.8. The van der Waals surface area contributed by atoms with Gasteiger partial charge in [-0.15, -0.1) is 0 Å². The third kappa shape index (κ3) is 3.69. The second kappa shape index (κ2) is 8.58. The first-order chi connectivity index (χ1) is 16.1. The van der Waals surface area contributed by atoms with E-state index in [4.69, 9.17) is 4.74 Å². The van der Waals surface area contributed by atoms with Crippen molar-refractivity contribution in [3.8, 4) is 0 Å². The Morgan fingerprint density at radius 1 is 0.939 bits per heavy atom. The number of amides is 3. The van der Waals surface area contributed by atoms with Gasteiger partial charge in [-0.1, -0.05) is 78.9 Å². The van der Waals surface area contributed by atoms with Crippen molar-refractivity contribution in [3.05, 3.63) is 107 Å². The monoisotopic (exact) mass is 445 g/mol. The first kappa shape index (κ1) is 21.0. The molecule has 5 rings (SSSR count). The minimum Gasteiger partial charge on any atom is -0.431 e. The van der Waals surface area contributed by atoms with Gasteiger partial charge in [-0.25, -0.2) is 14.0 Å². The molecule has 0 spiro atoms. The molecule has 0 aliphatic carbocycles. The van der Waals surface area contributed by atoms with Gasteiger partial charge >= 0.3 is 12.1 Å². The van der Waals surface area contributed by atoms with Crippen LogP contribution in [0.1, 0.15) is 16.7 Å². The summed E-state index contributed by atoms with van der Waals surface area (Å²) in [6, 6.07) is 24.9. The molecule has 0 radical (unpaired) electrons. The summed E-state index contributed by atoms with van der Waals surface area (Å²) in [4.78, 5) is 29.3. The fraction of sp³-hybridized carbons (Fsp3) is 0.231. The molecule has 3 aromatic carbocycles. The Morgan fingerprint density at radius 2 is 1.55 bits per heavy atom. The Hall–Kier alpha value is -3.87. The van der Waals surface area contributed by atoms with Gasteiger partial charge in [0, 0.05) is 42.9 Å². The number of hydrogen-bond donors (Lipinski definition) is 1. The number of carbonyl (C=O) groups excluding carboxylic acids is 2. The lowest BCUT2D eigenvalue weighted by Crippen LogP contribution is -2.59. The minimum absolute atomic E-state index is 0.0916. The number of benzene rings is 3. The lowest BCUT2D eigenvalue weighted by Gasteiger charge is -2.42. The van der Waals surface area contributed by atoms with E-state index in [2.05, 4.69) is 5.32 Å². The van der Waals surface area contributed by atoms with Gasteiger partial charge in [-0.3, -0.25) is 4.90 Å². The molecule has 1 unspecified atom stereocenters. The fourth-order valence-electron chi connectivity index (χ4n) is 4.76. The number of fused-ring (bicyclic) bond motifs is 1. The van der Waals surface area contributed by atoms with Crippen molar-refractivity contribution in [2.75, 3.05) is 19.6 Å². The van der Waals surface area contributed by atoms with Crippen LogP contribution in [0.15, 0.2) is 84.9 Å². The molecule has 168 valence electrons. The summed E-state index contributed by atoms with van der Waals surface area (Å²) >= 11 is 0. The maximum absolute atomic E-state index is 14.0. The predicted molar refractivity (Wildman–Crippen MR) is 121 cm³/mol. The van der Waals surface area contributed by atoms with E-state index in [0.29, 0.717) is 25.2 Å². The second-order valence-electron chi connectivity index (χ2n) is 8.24. The number of halogens is 1. The van der Waals surface area contributed by atoms with E-state index in [1.165, 1.54) is 6.07 Å². The van der Waals surface area contributed by atoms with Crippen molar-refractivity contribution in [2.45, 2.75) is 18.2 Å². The van der Waals surface area contributed by atoms with Gasteiger partial charge in [-0.05, 0) is 6.07 Å². The number of nitrogens with one attached hydrogen (secondary N) is 1. The van der Waals surface area contributed by atoms with E-state index in [-0.39, 0.29) is 24.5 Å². The highest BCUT2D eigenvalue weighted by atomic mass is 19.1. The molecule has 2 aliphatic rings. The first-order valence-corrected chi connectivity index (χ1v) is 11.0. The number of cyclic esters (lactones) is 1. The standard InChI is InChI=1S/C26H24FN3O3/c27-22-14-8-7-9-19(22)17-28-24(31)29-15-16-30-23(18-29)26(33-25(30)32,20-10-3-1-4-11-20)21-12-5-2-6-13-21/h1-14,23H,15-18H2,(H,28,31). The number of carbonyl (C=O) groups is 2. The van der Waals surface area contributed by atoms with Crippen LogP contribution in [0.3, 0.4) is 0 Å². The average molecular weight is 445 g/mol. The van der Waals surface area contributed by atoms with Crippen LogP contribution in [0.25, 0.3) is 0 Å². The van der Waals surface area contributed by atoms with E-state index in [0.717, 1.165) is 11.1 Å². The summed E-state index contributed by atoms with van der Waals surface area (Å²) in [6.07, 6.45) is -0.390. The van der Waals surface area contributed by atoms with Crippen LogP contribution in [0.2, 0.25) is 0 Å². The Balaban J connectivity index is 1.44. The van der Waals surface area contributed by atoms with E-state index < -0.39 is 11.6 Å². The highest BCUT2D eigenvalue weighted by Crippen LogP contribution is 2.45. The van der Waals surface area contributed by atoms with Crippen molar-refractivity contribution in [1.29, 1.82) is 0 Å². The number of ether oxygens (including phenoxy) is 1. The largest absolute Gasteiger partial charge is 0.431 e. The highest BCUT2D eigenvalue weighted by Gasteiger charge is 2.58. The zero-order valence-corrected chi connectivity index (χ0v) is 18.0. The van der Waals surface area contributed by atoms with E-state index in [1.54, 1.807) is 28.0 Å². The van der Waals surface area contributed by atoms with Gasteiger partial charge in [0.15, 0.2) is 5.60 Å². The average Bonchev–Trinajstić information content (AvgIpc) is 3.17. The predicted octanol–water partition coefficient (Wildman–Crippen LogP) is 4.12. The lowest BCUT2D eigenvalue weighted by atomic mass is 9.79. The van der Waals surface area contributed by atoms with Gasteiger partial charge in [0.05, 0.1) is 0 Å². The fourth-order valence-corrected chi connectivity index (χ4v) is 4.76. The van der Waals surface area contributed by atoms with E-state index in [1.807, 2.05) is 60.7 Å². The maximum Gasteiger partial charge on any atom is 0.411 e. The molecule has 0 saturated carbocycles. The highest BCUT2D eigenvalue weighted by molar-refractivity contribution is 5.77. The molecular formula is C26H24FN3O3. The molecular weight excluding hydrogens is 421 g/mol. The number of nitrogens with zero attached hydrogens (tertiary/aromatic N) is 2. The summed E-state index contributed by atoms with van der Waals surface area (Å²) in [5.74, 6) is -0.357. The van der Waals surface area contributed by atoms with Crippen molar-refractivity contribution >= 4 is 12.1 Å². The Kier molecular flexibility index (Phi) is 5.46. The van der Waals surface area contributed by atoms with Crippen molar-refractivity contribution in [1.82, 2.24) is 15.1 Å². The van der Waals surface area contributed by atoms with Gasteiger partial charge in [-0.2, -0.15) is 0 Å². The lowest BCUT2D eigenvalue weighted by molar-refractivity contribution is 0.0511. The van der Waals surface area contributed by atoms with Gasteiger partial charge in [0.25, 0.3) is 0 Å². The van der Waals surface area contributed by atoms with Crippen LogP contribution < -0.4 is 5.32 Å². The number of hydrogen-bond acceptors (Lipinski definition) is 3. The second-order valence-corrected chi connectivity index (χ2v) is 8.24. The molecule has 1 N–H and O–H groups in total. The molecule has 2 heterocycles. The maximum atomic E-state index is 14.0. The molecule has 3 aromatic rings. The van der Waals surface area contributed by atoms with Crippen molar-refractivity contribution in [2.24, 2.45) is 0 Å². The number of piperazine rings is 1. The van der Waals surface area contributed by atoms with E-state index in [9.17, 15) is 14.0 Å². The minimum atomic E-state index is -1.04. The number of rotatable bonds is 4. The molecule has 1 atom stereocenters. The molecule has 33 heavy (non-hydrogen) atoms. The third-order valence-corrected chi connectivity index (χ3v) is 6.41. The van der Waals surface area contributed by atoms with Crippen molar-refractivity contribution in [3.63, 3.8) is 0 Å². The first-order valence-electron chi connectivity index (χ1n) is 11.0. The third-order valence-electron chi connectivity index (χ3n) is 6.41. The molecule has 2 fully saturated rings. The summed E-state index contributed by atoms with van der Waals surface area (Å²) in [6.45, 7) is 1.11. The summed E-state index contributed by atoms with van der Waals surface area (Å²) in [5, 5.41) is 2.81. The quantitative estimate of drug-likeness (QED) is 0.657.